The molecule has 0 aliphatic rings. The first-order valence-electron chi connectivity index (χ1n) is 4.29. The Morgan fingerprint density at radius 3 is 2.29 bits per heavy atom. The van der Waals surface area contributed by atoms with Crippen LogP contribution >= 0.6 is 10.7 Å². The molecule has 0 radical (unpaired) electrons. The van der Waals surface area contributed by atoms with E-state index >= 15 is 0 Å². The SMILES string of the molecule is COCc1cc(C(F)(F)F)cc(S(=O)(=O)Cl)c1. The molecule has 0 bridgehead atoms. The zero-order valence-electron chi connectivity index (χ0n) is 8.58. The predicted molar refractivity (Wildman–Crippen MR) is 55.2 cm³/mol. The van der Waals surface area contributed by atoms with Crippen molar-refractivity contribution in [2.45, 2.75) is 17.7 Å². The largest absolute Gasteiger partial charge is 0.416 e. The highest BCUT2D eigenvalue weighted by atomic mass is 35.7. The summed E-state index contributed by atoms with van der Waals surface area (Å²) in [7, 11) is 2.09. The van der Waals surface area contributed by atoms with Gasteiger partial charge >= 0.3 is 6.18 Å². The van der Waals surface area contributed by atoms with Crippen molar-refractivity contribution in [3.63, 3.8) is 0 Å². The Hall–Kier alpha value is -0.790. The summed E-state index contributed by atoms with van der Waals surface area (Å²) in [6.07, 6.45) is -4.64. The molecule has 0 aliphatic heterocycles. The van der Waals surface area contributed by atoms with Crippen molar-refractivity contribution in [3.8, 4) is 0 Å². The lowest BCUT2D eigenvalue weighted by Gasteiger charge is -2.10. The number of halogens is 4. The van der Waals surface area contributed by atoms with Gasteiger partial charge < -0.3 is 4.74 Å². The highest BCUT2D eigenvalue weighted by Gasteiger charge is 2.32. The zero-order valence-corrected chi connectivity index (χ0v) is 10.2. The van der Waals surface area contributed by atoms with E-state index in [2.05, 4.69) is 4.74 Å². The first-order valence-corrected chi connectivity index (χ1v) is 6.60. The Kier molecular flexibility index (Phi) is 4.06. The van der Waals surface area contributed by atoms with E-state index in [-0.39, 0.29) is 12.2 Å². The fourth-order valence-electron chi connectivity index (χ4n) is 1.22. The second-order valence-electron chi connectivity index (χ2n) is 3.23. The molecule has 0 atom stereocenters. The van der Waals surface area contributed by atoms with Crippen LogP contribution in [0.25, 0.3) is 0 Å². The number of rotatable bonds is 3. The van der Waals surface area contributed by atoms with Crippen LogP contribution in [0.15, 0.2) is 23.1 Å². The molecular weight excluding hydrogens is 281 g/mol. The van der Waals surface area contributed by atoms with Gasteiger partial charge in [-0.3, -0.25) is 0 Å². The number of methoxy groups -OCH3 is 1. The summed E-state index contributed by atoms with van der Waals surface area (Å²) in [5, 5.41) is 0. The molecule has 17 heavy (non-hydrogen) atoms. The summed E-state index contributed by atoms with van der Waals surface area (Å²) in [5.74, 6) is 0. The van der Waals surface area contributed by atoms with Crippen LogP contribution in [0.1, 0.15) is 11.1 Å². The van der Waals surface area contributed by atoms with Crippen molar-refractivity contribution < 1.29 is 26.3 Å². The summed E-state index contributed by atoms with van der Waals surface area (Å²) < 4.78 is 64.2. The molecule has 0 heterocycles. The number of alkyl halides is 3. The third-order valence-electron chi connectivity index (χ3n) is 1.89. The van der Waals surface area contributed by atoms with Crippen molar-refractivity contribution in [1.29, 1.82) is 0 Å². The number of hydrogen-bond donors (Lipinski definition) is 0. The van der Waals surface area contributed by atoms with E-state index in [9.17, 15) is 21.6 Å². The molecular formula is C9H8ClF3O3S. The second kappa shape index (κ2) is 4.83. The number of benzene rings is 1. The van der Waals surface area contributed by atoms with Gasteiger partial charge in [0.25, 0.3) is 9.05 Å². The summed E-state index contributed by atoms with van der Waals surface area (Å²) in [6, 6.07) is 2.34. The van der Waals surface area contributed by atoms with Gasteiger partial charge in [0.1, 0.15) is 0 Å². The first-order chi connectivity index (χ1) is 7.64. The van der Waals surface area contributed by atoms with Crippen LogP contribution in [-0.2, 0) is 26.6 Å². The number of hydrogen-bond acceptors (Lipinski definition) is 3. The van der Waals surface area contributed by atoms with Crippen LogP contribution in [-0.4, -0.2) is 15.5 Å². The van der Waals surface area contributed by atoms with E-state index < -0.39 is 25.7 Å². The van der Waals surface area contributed by atoms with Gasteiger partial charge in [-0.25, -0.2) is 8.42 Å². The summed E-state index contributed by atoms with van der Waals surface area (Å²) in [5.41, 5.74) is -0.993. The van der Waals surface area contributed by atoms with E-state index in [0.29, 0.717) is 6.07 Å². The van der Waals surface area contributed by atoms with Crippen LogP contribution in [0.3, 0.4) is 0 Å². The van der Waals surface area contributed by atoms with Crippen molar-refractivity contribution in [3.05, 3.63) is 29.3 Å². The molecule has 8 heteroatoms. The molecule has 1 aromatic rings. The summed E-state index contributed by atoms with van der Waals surface area (Å²) >= 11 is 0. The highest BCUT2D eigenvalue weighted by molar-refractivity contribution is 8.13. The number of ether oxygens (including phenoxy) is 1. The van der Waals surface area contributed by atoms with E-state index in [1.54, 1.807) is 0 Å². The lowest BCUT2D eigenvalue weighted by molar-refractivity contribution is -0.137. The molecule has 0 N–H and O–H groups in total. The average molecular weight is 289 g/mol. The van der Waals surface area contributed by atoms with Gasteiger partial charge in [0.2, 0.25) is 0 Å². The van der Waals surface area contributed by atoms with Crippen molar-refractivity contribution in [1.82, 2.24) is 0 Å². The highest BCUT2D eigenvalue weighted by Crippen LogP contribution is 2.32. The Bertz CT molecular complexity index is 511. The van der Waals surface area contributed by atoms with Gasteiger partial charge in [-0.15, -0.1) is 0 Å². The maximum atomic E-state index is 12.5. The first kappa shape index (κ1) is 14.3. The Morgan fingerprint density at radius 2 is 1.88 bits per heavy atom. The van der Waals surface area contributed by atoms with Crippen LogP contribution < -0.4 is 0 Å². The lowest BCUT2D eigenvalue weighted by Crippen LogP contribution is -2.08. The summed E-state index contributed by atoms with van der Waals surface area (Å²) in [4.78, 5) is -0.596. The molecule has 0 saturated carbocycles. The van der Waals surface area contributed by atoms with Gasteiger partial charge in [0.15, 0.2) is 0 Å². The van der Waals surface area contributed by atoms with E-state index in [1.165, 1.54) is 7.11 Å². The minimum absolute atomic E-state index is 0.0848. The Balaban J connectivity index is 3.39. The fourth-order valence-corrected chi connectivity index (χ4v) is 2.04. The predicted octanol–water partition coefficient (Wildman–Crippen LogP) is 2.78. The maximum Gasteiger partial charge on any atom is 0.416 e. The van der Waals surface area contributed by atoms with Gasteiger partial charge in [0.05, 0.1) is 17.1 Å². The zero-order chi connectivity index (χ0) is 13.3. The van der Waals surface area contributed by atoms with Crippen molar-refractivity contribution in [2.24, 2.45) is 0 Å². The molecule has 0 aliphatic carbocycles. The van der Waals surface area contributed by atoms with E-state index in [1.807, 2.05) is 0 Å². The molecule has 0 saturated heterocycles. The van der Waals surface area contributed by atoms with Gasteiger partial charge in [-0.2, -0.15) is 13.2 Å². The molecule has 0 aromatic heterocycles. The molecule has 0 spiro atoms. The monoisotopic (exact) mass is 288 g/mol. The normalized spacial score (nSPS) is 12.8. The average Bonchev–Trinajstić information content (AvgIpc) is 2.15. The minimum Gasteiger partial charge on any atom is -0.380 e. The van der Waals surface area contributed by atoms with Crippen LogP contribution in [0.5, 0.6) is 0 Å². The quantitative estimate of drug-likeness (QED) is 0.803. The Morgan fingerprint density at radius 1 is 1.29 bits per heavy atom. The van der Waals surface area contributed by atoms with Crippen LogP contribution in [0, 0.1) is 0 Å². The lowest BCUT2D eigenvalue weighted by atomic mass is 10.1. The summed E-state index contributed by atoms with van der Waals surface area (Å²) in [6.45, 7) is -0.136. The molecule has 3 nitrogen and oxygen atoms in total. The third-order valence-corrected chi connectivity index (χ3v) is 3.22. The minimum atomic E-state index is -4.64. The molecule has 1 rings (SSSR count). The van der Waals surface area contributed by atoms with Gasteiger partial charge in [-0.1, -0.05) is 0 Å². The van der Waals surface area contributed by atoms with Crippen molar-refractivity contribution >= 4 is 19.7 Å². The van der Waals surface area contributed by atoms with E-state index in [4.69, 9.17) is 10.7 Å². The van der Waals surface area contributed by atoms with Crippen LogP contribution in [0.4, 0.5) is 13.2 Å². The second-order valence-corrected chi connectivity index (χ2v) is 5.80. The maximum absolute atomic E-state index is 12.5. The molecule has 0 amide bonds. The van der Waals surface area contributed by atoms with Gasteiger partial charge in [0, 0.05) is 17.8 Å². The third kappa shape index (κ3) is 3.86. The van der Waals surface area contributed by atoms with Crippen molar-refractivity contribution in [2.75, 3.05) is 7.11 Å². The molecule has 0 unspecified atom stereocenters. The van der Waals surface area contributed by atoms with Crippen LogP contribution in [0.2, 0.25) is 0 Å². The topological polar surface area (TPSA) is 43.4 Å². The molecule has 0 fully saturated rings. The molecule has 96 valence electrons. The molecule has 1 aromatic carbocycles. The van der Waals surface area contributed by atoms with Gasteiger partial charge in [-0.05, 0) is 23.8 Å². The Labute approximate surface area is 101 Å². The smallest absolute Gasteiger partial charge is 0.380 e. The standard InChI is InChI=1S/C9H8ClF3O3S/c1-16-5-6-2-7(9(11,12)13)4-8(3-6)17(10,14)15/h2-4H,5H2,1H3. The van der Waals surface area contributed by atoms with E-state index in [0.717, 1.165) is 12.1 Å². The fraction of sp³-hybridized carbons (Fsp3) is 0.333.